The number of nitrogens with zero attached hydrogens (tertiary/aromatic N) is 2. The topological polar surface area (TPSA) is 51.0 Å². The van der Waals surface area contributed by atoms with Crippen LogP contribution in [0, 0.1) is 0 Å². The molecule has 0 radical (unpaired) electrons. The fraction of sp³-hybridized carbons (Fsp3) is 0.800. The minimum atomic E-state index is 0.472. The van der Waals surface area contributed by atoms with Gasteiger partial charge in [-0.1, -0.05) is 5.16 Å². The van der Waals surface area contributed by atoms with E-state index in [2.05, 4.69) is 15.5 Å². The number of nitrogens with one attached hydrogen (secondary N) is 1. The molecule has 1 saturated carbocycles. The molecule has 0 aromatic carbocycles. The van der Waals surface area contributed by atoms with Crippen molar-refractivity contribution in [2.45, 2.75) is 37.5 Å². The van der Waals surface area contributed by atoms with E-state index in [1.54, 1.807) is 0 Å². The van der Waals surface area contributed by atoms with E-state index in [-0.39, 0.29) is 0 Å². The number of aromatic nitrogens is 2. The Hall–Kier alpha value is -0.900. The first-order chi connectivity index (χ1) is 6.93. The zero-order valence-electron chi connectivity index (χ0n) is 8.20. The Morgan fingerprint density at radius 3 is 2.86 bits per heavy atom. The molecule has 0 amide bonds. The van der Waals surface area contributed by atoms with E-state index >= 15 is 0 Å². The fourth-order valence-electron chi connectivity index (χ4n) is 1.98. The van der Waals surface area contributed by atoms with Crippen LogP contribution in [0.3, 0.4) is 0 Å². The molecule has 4 nitrogen and oxygen atoms in total. The Labute approximate surface area is 83.1 Å². The summed E-state index contributed by atoms with van der Waals surface area (Å²) in [5, 5.41) is 7.44. The Balaban J connectivity index is 1.74. The van der Waals surface area contributed by atoms with Crippen LogP contribution in [-0.4, -0.2) is 23.2 Å². The lowest BCUT2D eigenvalue weighted by Gasteiger charge is -2.19. The van der Waals surface area contributed by atoms with Crippen LogP contribution < -0.4 is 5.32 Å². The van der Waals surface area contributed by atoms with Gasteiger partial charge in [0.2, 0.25) is 5.89 Å². The highest BCUT2D eigenvalue weighted by molar-refractivity contribution is 5.05. The molecule has 1 aliphatic heterocycles. The summed E-state index contributed by atoms with van der Waals surface area (Å²) in [6, 6.07) is 0. The van der Waals surface area contributed by atoms with Crippen molar-refractivity contribution in [3.05, 3.63) is 11.7 Å². The number of rotatable bonds is 2. The summed E-state index contributed by atoms with van der Waals surface area (Å²) in [6.07, 6.45) is 4.86. The van der Waals surface area contributed by atoms with Crippen molar-refractivity contribution in [3.63, 3.8) is 0 Å². The zero-order valence-corrected chi connectivity index (χ0v) is 8.20. The lowest BCUT2D eigenvalue weighted by Crippen LogP contribution is -2.28. The quantitative estimate of drug-likeness (QED) is 0.771. The molecule has 3 rings (SSSR count). The van der Waals surface area contributed by atoms with Crippen LogP contribution in [0.15, 0.2) is 4.52 Å². The summed E-state index contributed by atoms with van der Waals surface area (Å²) in [4.78, 5) is 4.48. The van der Waals surface area contributed by atoms with Crippen molar-refractivity contribution in [3.8, 4) is 0 Å². The van der Waals surface area contributed by atoms with Gasteiger partial charge in [0, 0.05) is 18.4 Å². The van der Waals surface area contributed by atoms with Gasteiger partial charge in [-0.05, 0) is 32.2 Å². The van der Waals surface area contributed by atoms with E-state index in [1.807, 2.05) is 0 Å². The maximum absolute atomic E-state index is 5.25. The van der Waals surface area contributed by atoms with Crippen molar-refractivity contribution in [1.82, 2.24) is 15.5 Å². The van der Waals surface area contributed by atoms with Crippen molar-refractivity contribution in [2.75, 3.05) is 13.1 Å². The first-order valence-electron chi connectivity index (χ1n) is 5.47. The van der Waals surface area contributed by atoms with Gasteiger partial charge in [-0.3, -0.25) is 0 Å². The van der Waals surface area contributed by atoms with E-state index in [0.29, 0.717) is 11.8 Å². The molecule has 1 unspecified atom stereocenters. The standard InChI is InChI=1S/C10H15N3O/c1-2-8(6-11-5-1)9-12-10(14-13-9)7-3-4-7/h7-8,11H,1-6H2. The zero-order chi connectivity index (χ0) is 9.38. The molecule has 1 aliphatic carbocycles. The highest BCUT2D eigenvalue weighted by Crippen LogP contribution is 2.39. The maximum atomic E-state index is 5.25. The molecule has 1 aromatic rings. The van der Waals surface area contributed by atoms with Gasteiger partial charge in [0.25, 0.3) is 0 Å². The average molecular weight is 193 g/mol. The van der Waals surface area contributed by atoms with Gasteiger partial charge in [0.1, 0.15) is 0 Å². The maximum Gasteiger partial charge on any atom is 0.229 e. The summed E-state index contributed by atoms with van der Waals surface area (Å²) >= 11 is 0. The molecule has 1 saturated heterocycles. The summed E-state index contributed by atoms with van der Waals surface area (Å²) in [7, 11) is 0. The van der Waals surface area contributed by atoms with E-state index in [0.717, 1.165) is 24.8 Å². The Kier molecular flexibility index (Phi) is 2.01. The monoisotopic (exact) mass is 193 g/mol. The van der Waals surface area contributed by atoms with E-state index in [1.165, 1.54) is 25.7 Å². The van der Waals surface area contributed by atoms with Crippen molar-refractivity contribution < 1.29 is 4.52 Å². The van der Waals surface area contributed by atoms with Crippen molar-refractivity contribution in [2.24, 2.45) is 0 Å². The second kappa shape index (κ2) is 3.35. The van der Waals surface area contributed by atoms with E-state index in [4.69, 9.17) is 4.52 Å². The highest BCUT2D eigenvalue weighted by Gasteiger charge is 2.31. The van der Waals surface area contributed by atoms with Crippen LogP contribution in [0.25, 0.3) is 0 Å². The molecule has 4 heteroatoms. The molecule has 0 bridgehead atoms. The second-order valence-electron chi connectivity index (χ2n) is 4.31. The largest absolute Gasteiger partial charge is 0.339 e. The summed E-state index contributed by atoms with van der Waals surface area (Å²) in [6.45, 7) is 2.13. The van der Waals surface area contributed by atoms with Gasteiger partial charge < -0.3 is 9.84 Å². The van der Waals surface area contributed by atoms with Gasteiger partial charge in [-0.15, -0.1) is 0 Å². The predicted octanol–water partition coefficient (Wildman–Crippen LogP) is 1.41. The summed E-state index contributed by atoms with van der Waals surface area (Å²) in [5.41, 5.74) is 0. The SMILES string of the molecule is C1CNCC(c2noc(C3CC3)n2)C1. The van der Waals surface area contributed by atoms with Crippen molar-refractivity contribution in [1.29, 1.82) is 0 Å². The first kappa shape index (κ1) is 8.41. The van der Waals surface area contributed by atoms with Crippen LogP contribution >= 0.6 is 0 Å². The van der Waals surface area contributed by atoms with E-state index in [9.17, 15) is 0 Å². The normalized spacial score (nSPS) is 27.9. The minimum absolute atomic E-state index is 0.472. The van der Waals surface area contributed by atoms with Crippen LogP contribution in [-0.2, 0) is 0 Å². The average Bonchev–Trinajstić information content (AvgIpc) is 2.98. The van der Waals surface area contributed by atoms with Crippen LogP contribution in [0.2, 0.25) is 0 Å². The van der Waals surface area contributed by atoms with Crippen LogP contribution in [0.5, 0.6) is 0 Å². The second-order valence-corrected chi connectivity index (χ2v) is 4.31. The van der Waals surface area contributed by atoms with Gasteiger partial charge >= 0.3 is 0 Å². The Bertz CT molecular complexity index is 313. The molecule has 2 fully saturated rings. The molecular weight excluding hydrogens is 178 g/mol. The third kappa shape index (κ3) is 1.54. The van der Waals surface area contributed by atoms with Gasteiger partial charge in [-0.25, -0.2) is 0 Å². The fourth-order valence-corrected chi connectivity index (χ4v) is 1.98. The van der Waals surface area contributed by atoms with Crippen LogP contribution in [0.4, 0.5) is 0 Å². The van der Waals surface area contributed by atoms with Crippen molar-refractivity contribution >= 4 is 0 Å². The molecule has 2 heterocycles. The molecule has 1 atom stereocenters. The first-order valence-corrected chi connectivity index (χ1v) is 5.47. The third-order valence-corrected chi connectivity index (χ3v) is 3.05. The molecular formula is C10H15N3O. The molecule has 2 aliphatic rings. The smallest absolute Gasteiger partial charge is 0.229 e. The van der Waals surface area contributed by atoms with Gasteiger partial charge in [0.05, 0.1) is 0 Å². The molecule has 1 aromatic heterocycles. The summed E-state index contributed by atoms with van der Waals surface area (Å²) in [5.74, 6) is 2.83. The molecule has 14 heavy (non-hydrogen) atoms. The Morgan fingerprint density at radius 1 is 1.21 bits per heavy atom. The third-order valence-electron chi connectivity index (χ3n) is 3.05. The number of piperidine rings is 1. The van der Waals surface area contributed by atoms with E-state index < -0.39 is 0 Å². The number of hydrogen-bond acceptors (Lipinski definition) is 4. The molecule has 1 N–H and O–H groups in total. The van der Waals surface area contributed by atoms with Gasteiger partial charge in [0.15, 0.2) is 5.82 Å². The highest BCUT2D eigenvalue weighted by atomic mass is 16.5. The Morgan fingerprint density at radius 2 is 2.14 bits per heavy atom. The molecule has 0 spiro atoms. The van der Waals surface area contributed by atoms with Crippen LogP contribution in [0.1, 0.15) is 49.2 Å². The summed E-state index contributed by atoms with van der Waals surface area (Å²) < 4.78 is 5.25. The number of hydrogen-bond donors (Lipinski definition) is 1. The lowest BCUT2D eigenvalue weighted by molar-refractivity contribution is 0.362. The lowest BCUT2D eigenvalue weighted by atomic mass is 9.99. The minimum Gasteiger partial charge on any atom is -0.339 e. The molecule has 76 valence electrons. The van der Waals surface area contributed by atoms with Gasteiger partial charge in [-0.2, -0.15) is 4.98 Å². The predicted molar refractivity (Wildman–Crippen MR) is 51.1 cm³/mol.